The predicted molar refractivity (Wildman–Crippen MR) is 123 cm³/mol. The average molecular weight is 612 g/mol. The van der Waals surface area contributed by atoms with Crippen LogP contribution in [-0.4, -0.2) is 76.7 Å². The molecule has 0 spiro atoms. The lowest BCUT2D eigenvalue weighted by Crippen LogP contribution is -2.27. The first-order chi connectivity index (χ1) is 16.7. The van der Waals surface area contributed by atoms with Crippen molar-refractivity contribution in [2.24, 2.45) is 0 Å². The van der Waals surface area contributed by atoms with Gasteiger partial charge in [0.25, 0.3) is 7.82 Å². The number of anilines is 1. The van der Waals surface area contributed by atoms with E-state index in [1.54, 1.807) is 21.6 Å². The summed E-state index contributed by atoms with van der Waals surface area (Å²) in [5, 5.41) is 10.3. The van der Waals surface area contributed by atoms with Gasteiger partial charge in [-0.3, -0.25) is 9.13 Å². The summed E-state index contributed by atoms with van der Waals surface area (Å²) in [5.41, 5.74) is 6.28. The van der Waals surface area contributed by atoms with E-state index in [1.165, 1.54) is 10.9 Å². The zero-order chi connectivity index (χ0) is 26.7. The summed E-state index contributed by atoms with van der Waals surface area (Å²) >= 11 is 0. The molecular formula is C13H21N5O13P3S2-. The van der Waals surface area contributed by atoms with Gasteiger partial charge in [0.1, 0.15) is 12.3 Å². The van der Waals surface area contributed by atoms with Crippen LogP contribution in [0.2, 0.25) is 0 Å². The van der Waals surface area contributed by atoms with Crippen LogP contribution >= 0.6 is 45.1 Å². The molecule has 6 N–H and O–H groups in total. The van der Waals surface area contributed by atoms with Gasteiger partial charge in [-0.25, -0.2) is 18.4 Å². The fourth-order valence-corrected chi connectivity index (χ4v) is 6.99. The van der Waals surface area contributed by atoms with Crippen LogP contribution < -0.4 is 15.4 Å². The quantitative estimate of drug-likeness (QED) is 0.114. The van der Waals surface area contributed by atoms with Gasteiger partial charge in [0.05, 0.1) is 25.6 Å². The number of nitrogens with two attached hydrogens (primary N) is 1. The molecule has 204 valence electrons. The Hall–Kier alpha value is -0.820. The van der Waals surface area contributed by atoms with Crippen molar-refractivity contribution in [3.63, 3.8) is 0 Å². The van der Waals surface area contributed by atoms with Crippen molar-refractivity contribution in [3.8, 4) is 5.88 Å². The van der Waals surface area contributed by atoms with Gasteiger partial charge >= 0.3 is 15.6 Å². The Morgan fingerprint density at radius 2 is 2.00 bits per heavy atom. The van der Waals surface area contributed by atoms with Crippen LogP contribution in [0, 0.1) is 0 Å². The molecule has 2 aromatic heterocycles. The lowest BCUT2D eigenvalue weighted by atomic mass is 10.2. The van der Waals surface area contributed by atoms with E-state index in [4.69, 9.17) is 29.9 Å². The van der Waals surface area contributed by atoms with E-state index in [0.717, 1.165) is 0 Å². The van der Waals surface area contributed by atoms with E-state index >= 15 is 0 Å². The third kappa shape index (κ3) is 8.34. The highest BCUT2D eigenvalue weighted by molar-refractivity contribution is 8.76. The maximum atomic E-state index is 11.8. The van der Waals surface area contributed by atoms with Crippen molar-refractivity contribution in [3.05, 3.63) is 6.33 Å². The number of phosphoric acid groups is 3. The first-order valence-electron chi connectivity index (χ1n) is 9.58. The molecule has 2 aromatic rings. The molecule has 3 heterocycles. The van der Waals surface area contributed by atoms with E-state index in [2.05, 4.69) is 28.1 Å². The summed E-state index contributed by atoms with van der Waals surface area (Å²) in [4.78, 5) is 50.4. The lowest BCUT2D eigenvalue weighted by molar-refractivity contribution is -0.221. The van der Waals surface area contributed by atoms with Gasteiger partial charge < -0.3 is 44.4 Å². The summed E-state index contributed by atoms with van der Waals surface area (Å²) in [7, 11) is -13.8. The molecule has 3 rings (SSSR count). The molecule has 0 saturated carbocycles. The molecule has 36 heavy (non-hydrogen) atoms. The second kappa shape index (κ2) is 11.9. The number of aliphatic hydroxyl groups is 1. The Morgan fingerprint density at radius 3 is 2.67 bits per heavy atom. The third-order valence-electron chi connectivity index (χ3n) is 4.25. The Morgan fingerprint density at radius 1 is 1.28 bits per heavy atom. The number of aliphatic hydroxyl groups excluding tert-OH is 1. The monoisotopic (exact) mass is 612 g/mol. The summed E-state index contributed by atoms with van der Waals surface area (Å²) in [6.07, 6.45) is -0.228. The molecule has 1 fully saturated rings. The average Bonchev–Trinajstić information content (AvgIpc) is 3.30. The molecule has 0 bridgehead atoms. The predicted octanol–water partition coefficient (Wildman–Crippen LogP) is 0.158. The van der Waals surface area contributed by atoms with Crippen LogP contribution in [0.25, 0.3) is 11.2 Å². The lowest BCUT2D eigenvalue weighted by Gasteiger charge is -2.26. The summed E-state index contributed by atoms with van der Waals surface area (Å²) in [6.45, 7) is -0.543. The Labute approximate surface area is 210 Å². The van der Waals surface area contributed by atoms with Crippen LogP contribution in [0.1, 0.15) is 12.6 Å². The molecule has 5 atom stereocenters. The fraction of sp³-hybridized carbons (Fsp3) is 0.615. The molecule has 3 unspecified atom stereocenters. The minimum Gasteiger partial charge on any atom is -0.756 e. The second-order valence-corrected chi connectivity index (χ2v) is 13.9. The topological polar surface area (TPSA) is 271 Å². The standard InChI is InChI=1S/C13H22N5O13P3S2/c1-35-36-3-2-27-12-10-11(16-13(14)17-12)18(6-15-10)9-4-7(19)8(29-9)5-28-33(23,24)31-34(25,26)30-32(20,21)22/h6-9,19H,2-5H2,1H3,(H,23,24)(H,25,26)(H2,14,16,17)(H2,20,21,22)/p-1/t7?,8-,9-/m1/s1. The van der Waals surface area contributed by atoms with Gasteiger partial charge in [-0.15, -0.1) is 0 Å². The molecule has 18 nitrogen and oxygen atoms in total. The molecular weight excluding hydrogens is 591 g/mol. The summed E-state index contributed by atoms with van der Waals surface area (Å²) < 4.78 is 58.1. The number of ether oxygens (including phenoxy) is 2. The minimum absolute atomic E-state index is 0.0617. The van der Waals surface area contributed by atoms with Crippen LogP contribution in [0.3, 0.4) is 0 Å². The molecule has 1 aliphatic heterocycles. The van der Waals surface area contributed by atoms with Crippen molar-refractivity contribution in [2.45, 2.75) is 24.9 Å². The Kier molecular flexibility index (Phi) is 9.85. The van der Waals surface area contributed by atoms with Gasteiger partial charge in [0, 0.05) is 12.2 Å². The zero-order valence-electron chi connectivity index (χ0n) is 18.1. The maximum absolute atomic E-state index is 11.8. The number of hydrogen-bond acceptors (Lipinski definition) is 16. The van der Waals surface area contributed by atoms with Gasteiger partial charge in [-0.05, 0) is 6.26 Å². The molecule has 23 heteroatoms. The van der Waals surface area contributed by atoms with Crippen molar-refractivity contribution < 1.29 is 61.0 Å². The number of nitrogen functional groups attached to an aromatic ring is 1. The number of imidazole rings is 1. The van der Waals surface area contributed by atoms with Gasteiger partial charge in [0.15, 0.2) is 11.2 Å². The normalized spacial score (nSPS) is 24.0. The van der Waals surface area contributed by atoms with E-state index in [9.17, 15) is 23.7 Å². The third-order valence-corrected chi connectivity index (χ3v) is 9.80. The highest BCUT2D eigenvalue weighted by Gasteiger charge is 2.39. The van der Waals surface area contributed by atoms with Crippen LogP contribution in [-0.2, 0) is 31.6 Å². The van der Waals surface area contributed by atoms with Crippen molar-refractivity contribution in [1.29, 1.82) is 0 Å². The highest BCUT2D eigenvalue weighted by Crippen LogP contribution is 2.65. The van der Waals surface area contributed by atoms with Crippen molar-refractivity contribution in [1.82, 2.24) is 19.5 Å². The van der Waals surface area contributed by atoms with E-state index in [1.807, 2.05) is 6.26 Å². The Bertz CT molecular complexity index is 1210. The summed E-state index contributed by atoms with van der Waals surface area (Å²) in [6, 6.07) is 0. The number of phosphoric ester groups is 1. The van der Waals surface area contributed by atoms with Gasteiger partial charge in [0.2, 0.25) is 11.8 Å². The number of rotatable bonds is 13. The SMILES string of the molecule is CSSCCOc1nc(N)nc2c1ncn2[C@H]1CC(O)[C@@H](COP(=O)([O-])OP(=O)(O)OP(=O)(O)O)O1. The van der Waals surface area contributed by atoms with Crippen molar-refractivity contribution in [2.75, 3.05) is 31.0 Å². The first-order valence-corrected chi connectivity index (χ1v) is 16.8. The smallest absolute Gasteiger partial charge is 0.487 e. The fourth-order valence-electron chi connectivity index (χ4n) is 2.97. The van der Waals surface area contributed by atoms with E-state index < -0.39 is 48.5 Å². The molecule has 1 saturated heterocycles. The van der Waals surface area contributed by atoms with Crippen LogP contribution in [0.15, 0.2) is 6.33 Å². The zero-order valence-corrected chi connectivity index (χ0v) is 22.4. The number of nitrogens with zero attached hydrogens (tertiary/aromatic N) is 4. The number of aromatic nitrogens is 4. The van der Waals surface area contributed by atoms with E-state index in [0.29, 0.717) is 12.4 Å². The largest absolute Gasteiger partial charge is 0.756 e. The molecule has 0 amide bonds. The van der Waals surface area contributed by atoms with Crippen LogP contribution in [0.5, 0.6) is 5.88 Å². The number of fused-ring (bicyclic) bond motifs is 1. The van der Waals surface area contributed by atoms with Crippen LogP contribution in [0.4, 0.5) is 5.95 Å². The Balaban J connectivity index is 1.67. The molecule has 0 radical (unpaired) electrons. The molecule has 0 aliphatic carbocycles. The van der Waals surface area contributed by atoms with E-state index in [-0.39, 0.29) is 29.4 Å². The molecule has 0 aromatic carbocycles. The van der Waals surface area contributed by atoms with Crippen molar-refractivity contribution >= 4 is 62.2 Å². The first kappa shape index (κ1) is 29.7. The minimum atomic E-state index is -5.73. The van der Waals surface area contributed by atoms with Gasteiger partial charge in [-0.2, -0.15) is 14.3 Å². The highest BCUT2D eigenvalue weighted by atomic mass is 33.1. The number of hydrogen-bond donors (Lipinski definition) is 5. The maximum Gasteiger partial charge on any atom is 0.487 e. The molecule has 1 aliphatic rings. The van der Waals surface area contributed by atoms with Gasteiger partial charge in [-0.1, -0.05) is 21.6 Å². The summed E-state index contributed by atoms with van der Waals surface area (Å²) in [5.74, 6) is 0.717. The second-order valence-electron chi connectivity index (χ2n) is 6.85.